The van der Waals surface area contributed by atoms with Crippen LogP contribution in [0.3, 0.4) is 0 Å². The van der Waals surface area contributed by atoms with Crippen molar-refractivity contribution in [2.75, 3.05) is 44.2 Å². The monoisotopic (exact) mass is 571 g/mol. The number of imidazole rings is 1. The molecule has 0 spiro atoms. The molecule has 3 heterocycles. The van der Waals surface area contributed by atoms with Crippen molar-refractivity contribution in [3.63, 3.8) is 0 Å². The van der Waals surface area contributed by atoms with Gasteiger partial charge in [0.2, 0.25) is 5.91 Å². The van der Waals surface area contributed by atoms with Crippen molar-refractivity contribution in [3.05, 3.63) is 88.7 Å². The highest BCUT2D eigenvalue weighted by atomic mass is 79.9. The Kier molecular flexibility index (Phi) is 7.22. The van der Waals surface area contributed by atoms with E-state index >= 15 is 0 Å². The summed E-state index contributed by atoms with van der Waals surface area (Å²) in [6.07, 6.45) is 1.82. The first-order chi connectivity index (χ1) is 18.5. The molecule has 196 valence electrons. The lowest BCUT2D eigenvalue weighted by atomic mass is 9.95. The average molecular weight is 573 g/mol. The van der Waals surface area contributed by atoms with Crippen LogP contribution < -0.4 is 4.90 Å². The van der Waals surface area contributed by atoms with Crippen LogP contribution in [0.15, 0.2) is 77.3 Å². The zero-order valence-corrected chi connectivity index (χ0v) is 23.5. The molecule has 0 unspecified atom stereocenters. The molecule has 38 heavy (non-hydrogen) atoms. The Bertz CT molecular complexity index is 1420. The molecular formula is C31H34BrN5O. The fourth-order valence-electron chi connectivity index (χ4n) is 5.82. The molecule has 0 atom stereocenters. The Labute approximate surface area is 233 Å². The van der Waals surface area contributed by atoms with Gasteiger partial charge in [-0.2, -0.15) is 0 Å². The fraction of sp³-hybridized carbons (Fsp3) is 0.355. The van der Waals surface area contributed by atoms with Gasteiger partial charge >= 0.3 is 0 Å². The summed E-state index contributed by atoms with van der Waals surface area (Å²) in [7, 11) is 0. The molecule has 2 aliphatic heterocycles. The van der Waals surface area contributed by atoms with Gasteiger partial charge in [-0.15, -0.1) is 0 Å². The molecule has 2 aliphatic rings. The third-order valence-electron chi connectivity index (χ3n) is 7.99. The van der Waals surface area contributed by atoms with Gasteiger partial charge in [0.1, 0.15) is 5.82 Å². The zero-order chi connectivity index (χ0) is 26.1. The highest BCUT2D eigenvalue weighted by Crippen LogP contribution is 2.27. The molecule has 1 aromatic heterocycles. The molecule has 4 aromatic rings. The molecule has 0 aliphatic carbocycles. The molecule has 2 saturated heterocycles. The number of likely N-dealkylation sites (tertiary alicyclic amines) is 1. The zero-order valence-electron chi connectivity index (χ0n) is 21.9. The summed E-state index contributed by atoms with van der Waals surface area (Å²) in [6.45, 7) is 8.15. The Morgan fingerprint density at radius 2 is 1.61 bits per heavy atom. The molecule has 0 saturated carbocycles. The van der Waals surface area contributed by atoms with Crippen LogP contribution in [0.5, 0.6) is 0 Å². The lowest BCUT2D eigenvalue weighted by Gasteiger charge is -2.39. The highest BCUT2D eigenvalue weighted by Gasteiger charge is 2.31. The number of para-hydroxylation sites is 2. The predicted octanol–water partition coefficient (Wildman–Crippen LogP) is 5.66. The minimum Gasteiger partial charge on any atom is -0.368 e. The van der Waals surface area contributed by atoms with Gasteiger partial charge in [-0.1, -0.05) is 51.8 Å². The van der Waals surface area contributed by atoms with Crippen molar-refractivity contribution in [2.45, 2.75) is 26.3 Å². The third kappa shape index (κ3) is 5.22. The van der Waals surface area contributed by atoms with E-state index in [1.165, 1.54) is 11.3 Å². The Hall–Kier alpha value is -3.16. The number of hydrogen-bond donors (Lipinski definition) is 0. The van der Waals surface area contributed by atoms with E-state index in [1.807, 2.05) is 12.1 Å². The number of nitrogens with zero attached hydrogens (tertiary/aromatic N) is 5. The Morgan fingerprint density at radius 3 is 2.34 bits per heavy atom. The summed E-state index contributed by atoms with van der Waals surface area (Å²) >= 11 is 3.62. The smallest absolute Gasteiger partial charge is 0.225 e. The number of hydrogen-bond acceptors (Lipinski definition) is 4. The number of fused-ring (bicyclic) bond motifs is 1. The summed E-state index contributed by atoms with van der Waals surface area (Å²) in [4.78, 5) is 25.3. The quantitative estimate of drug-likeness (QED) is 0.310. The molecule has 7 heteroatoms. The lowest BCUT2D eigenvalue weighted by molar-refractivity contribution is -0.137. The van der Waals surface area contributed by atoms with E-state index in [2.05, 4.69) is 103 Å². The largest absolute Gasteiger partial charge is 0.368 e. The minimum atomic E-state index is 0.126. The number of rotatable bonds is 5. The van der Waals surface area contributed by atoms with Gasteiger partial charge in [-0.25, -0.2) is 4.98 Å². The van der Waals surface area contributed by atoms with E-state index in [1.54, 1.807) is 0 Å². The number of piperazine rings is 1. The van der Waals surface area contributed by atoms with Gasteiger partial charge < -0.3 is 9.80 Å². The number of anilines is 1. The van der Waals surface area contributed by atoms with Crippen LogP contribution in [0.2, 0.25) is 0 Å². The number of aryl methyl sites for hydroxylation is 1. The van der Waals surface area contributed by atoms with Gasteiger partial charge in [0.15, 0.2) is 0 Å². The standard InChI is InChI=1S/C31H34BrN5O/c1-23-9-11-26(12-10-23)35-17-19-36(20-18-35)31(38)24-13-15-34(16-14-24)22-30-33-28-7-2-3-8-29(28)37(30)27-6-4-5-25(32)21-27/h2-12,21,24H,13-20,22H2,1H3. The van der Waals surface area contributed by atoms with Crippen LogP contribution in [0.25, 0.3) is 16.7 Å². The van der Waals surface area contributed by atoms with Gasteiger partial charge in [0.05, 0.1) is 17.6 Å². The first-order valence-electron chi connectivity index (χ1n) is 13.6. The molecule has 1 amide bonds. The number of amides is 1. The van der Waals surface area contributed by atoms with Crippen molar-refractivity contribution >= 4 is 38.6 Å². The highest BCUT2D eigenvalue weighted by molar-refractivity contribution is 9.10. The van der Waals surface area contributed by atoms with Gasteiger partial charge in [0.25, 0.3) is 0 Å². The maximum Gasteiger partial charge on any atom is 0.225 e. The lowest BCUT2D eigenvalue weighted by Crippen LogP contribution is -2.51. The molecule has 0 radical (unpaired) electrons. The maximum atomic E-state index is 13.4. The molecular weight excluding hydrogens is 538 g/mol. The van der Waals surface area contributed by atoms with Crippen LogP contribution in [0.1, 0.15) is 24.2 Å². The van der Waals surface area contributed by atoms with Crippen LogP contribution in [-0.2, 0) is 11.3 Å². The van der Waals surface area contributed by atoms with Crippen LogP contribution in [0.4, 0.5) is 5.69 Å². The van der Waals surface area contributed by atoms with Gasteiger partial charge in [-0.3, -0.25) is 14.3 Å². The van der Waals surface area contributed by atoms with Gasteiger partial charge in [-0.05, 0) is 75.3 Å². The Morgan fingerprint density at radius 1 is 0.868 bits per heavy atom. The van der Waals surface area contributed by atoms with Crippen molar-refractivity contribution in [2.24, 2.45) is 5.92 Å². The van der Waals surface area contributed by atoms with E-state index in [0.29, 0.717) is 5.91 Å². The van der Waals surface area contributed by atoms with Crippen molar-refractivity contribution < 1.29 is 4.79 Å². The van der Waals surface area contributed by atoms with E-state index in [9.17, 15) is 4.79 Å². The number of carbonyl (C=O) groups is 1. The summed E-state index contributed by atoms with van der Waals surface area (Å²) in [5.74, 6) is 1.51. The van der Waals surface area contributed by atoms with E-state index in [4.69, 9.17) is 4.98 Å². The summed E-state index contributed by atoms with van der Waals surface area (Å²) in [5, 5.41) is 0. The van der Waals surface area contributed by atoms with Gasteiger partial charge in [0, 0.05) is 47.9 Å². The topological polar surface area (TPSA) is 44.6 Å². The number of benzene rings is 3. The maximum absolute atomic E-state index is 13.4. The SMILES string of the molecule is Cc1ccc(N2CCN(C(=O)C3CCN(Cc4nc5ccccc5n4-c4cccc(Br)c4)CC3)CC2)cc1. The van der Waals surface area contributed by atoms with Crippen LogP contribution in [-0.4, -0.2) is 64.5 Å². The van der Waals surface area contributed by atoms with Crippen LogP contribution >= 0.6 is 15.9 Å². The van der Waals surface area contributed by atoms with Crippen molar-refractivity contribution in [1.82, 2.24) is 19.4 Å². The van der Waals surface area contributed by atoms with E-state index < -0.39 is 0 Å². The second-order valence-electron chi connectivity index (χ2n) is 10.5. The Balaban J connectivity index is 1.08. The third-order valence-corrected chi connectivity index (χ3v) is 8.48. The average Bonchev–Trinajstić information content (AvgIpc) is 3.31. The molecule has 6 rings (SSSR count). The number of aromatic nitrogens is 2. The summed E-state index contributed by atoms with van der Waals surface area (Å²) in [6, 6.07) is 25.4. The number of halogens is 1. The first-order valence-corrected chi connectivity index (χ1v) is 14.4. The normalized spacial score (nSPS) is 17.3. The predicted molar refractivity (Wildman–Crippen MR) is 157 cm³/mol. The van der Waals surface area contributed by atoms with E-state index in [0.717, 1.165) is 85.7 Å². The molecule has 0 N–H and O–H groups in total. The van der Waals surface area contributed by atoms with E-state index in [-0.39, 0.29) is 5.92 Å². The number of piperidine rings is 1. The molecule has 2 fully saturated rings. The van der Waals surface area contributed by atoms with Crippen molar-refractivity contribution in [3.8, 4) is 5.69 Å². The molecule has 6 nitrogen and oxygen atoms in total. The van der Waals surface area contributed by atoms with Crippen LogP contribution in [0, 0.1) is 12.8 Å². The van der Waals surface area contributed by atoms with Crippen molar-refractivity contribution in [1.29, 1.82) is 0 Å². The second kappa shape index (κ2) is 10.9. The first kappa shape index (κ1) is 25.1. The second-order valence-corrected chi connectivity index (χ2v) is 11.4. The molecule has 3 aromatic carbocycles. The minimum absolute atomic E-state index is 0.126. The summed E-state index contributed by atoms with van der Waals surface area (Å²) in [5.41, 5.74) is 5.77. The fourth-order valence-corrected chi connectivity index (χ4v) is 6.21. The summed E-state index contributed by atoms with van der Waals surface area (Å²) < 4.78 is 3.32. The molecule has 0 bridgehead atoms. The number of carbonyl (C=O) groups excluding carboxylic acids is 1.